The minimum atomic E-state index is -0.661. The predicted octanol–water partition coefficient (Wildman–Crippen LogP) is 20.0. The molecule has 2 atom stereocenters. The zero-order valence-electron chi connectivity index (χ0n) is 47.5. The maximum absolute atomic E-state index is 12.5. The van der Waals surface area contributed by atoms with Crippen LogP contribution in [0.15, 0.2) is 12.2 Å². The summed E-state index contributed by atoms with van der Waals surface area (Å²) in [6, 6.07) is -0.538. The average Bonchev–Trinajstić information content (AvgIpc) is 3.36. The molecule has 0 rings (SSSR count). The van der Waals surface area contributed by atoms with Crippen molar-refractivity contribution >= 4 is 11.9 Å². The van der Waals surface area contributed by atoms with Crippen molar-refractivity contribution in [2.75, 3.05) is 13.2 Å². The number of ether oxygens (including phenoxy) is 1. The number of rotatable bonds is 60. The molecule has 0 fully saturated rings. The zero-order chi connectivity index (χ0) is 50.7. The van der Waals surface area contributed by atoms with E-state index >= 15 is 0 Å². The molecule has 0 heterocycles. The first-order valence-corrected chi connectivity index (χ1v) is 31.9. The number of esters is 1. The minimum Gasteiger partial charge on any atom is -0.466 e. The Balaban J connectivity index is 3.34. The largest absolute Gasteiger partial charge is 0.466 e. The number of carbonyl (C=O) groups excluding carboxylic acids is 2. The van der Waals surface area contributed by atoms with Gasteiger partial charge in [-0.25, -0.2) is 0 Å². The Bertz CT molecular complexity index is 1050. The number of nitrogens with one attached hydrogen (secondary N) is 1. The van der Waals surface area contributed by atoms with Crippen LogP contribution in [0.4, 0.5) is 0 Å². The third-order valence-corrected chi connectivity index (χ3v) is 15.1. The van der Waals surface area contributed by atoms with E-state index in [1.807, 2.05) is 0 Å². The molecular formula is C64H125NO5. The van der Waals surface area contributed by atoms with Crippen molar-refractivity contribution < 1.29 is 24.5 Å². The van der Waals surface area contributed by atoms with Crippen molar-refractivity contribution in [3.05, 3.63) is 12.2 Å². The molecule has 0 saturated carbocycles. The molecule has 6 heteroatoms. The lowest BCUT2D eigenvalue weighted by Crippen LogP contribution is -2.45. The Hall–Kier alpha value is -1.40. The van der Waals surface area contributed by atoms with Crippen LogP contribution in [0.5, 0.6) is 0 Å². The monoisotopic (exact) mass is 988 g/mol. The molecule has 2 unspecified atom stereocenters. The number of hydrogen-bond acceptors (Lipinski definition) is 5. The molecule has 70 heavy (non-hydrogen) atoms. The van der Waals surface area contributed by atoms with Gasteiger partial charge in [0.1, 0.15) is 0 Å². The van der Waals surface area contributed by atoms with Crippen LogP contribution in [-0.4, -0.2) is 47.4 Å². The van der Waals surface area contributed by atoms with Gasteiger partial charge in [-0.1, -0.05) is 309 Å². The Morgan fingerprint density at radius 1 is 0.386 bits per heavy atom. The number of carbonyl (C=O) groups is 2. The summed E-state index contributed by atoms with van der Waals surface area (Å²) in [5.74, 6) is -0.0219. The second-order valence-corrected chi connectivity index (χ2v) is 22.1. The third kappa shape index (κ3) is 55.9. The van der Waals surface area contributed by atoms with Gasteiger partial charge in [-0.2, -0.15) is 0 Å². The molecule has 6 nitrogen and oxygen atoms in total. The van der Waals surface area contributed by atoms with Gasteiger partial charge in [0.25, 0.3) is 0 Å². The van der Waals surface area contributed by atoms with Crippen LogP contribution in [0.2, 0.25) is 0 Å². The van der Waals surface area contributed by atoms with E-state index in [1.54, 1.807) is 0 Å². The smallest absolute Gasteiger partial charge is 0.305 e. The maximum Gasteiger partial charge on any atom is 0.305 e. The first kappa shape index (κ1) is 68.6. The highest BCUT2D eigenvalue weighted by atomic mass is 16.5. The van der Waals surface area contributed by atoms with Crippen molar-refractivity contribution in [3.63, 3.8) is 0 Å². The van der Waals surface area contributed by atoms with Gasteiger partial charge in [-0.15, -0.1) is 0 Å². The highest BCUT2D eigenvalue weighted by molar-refractivity contribution is 5.76. The Morgan fingerprint density at radius 3 is 1.03 bits per heavy atom. The van der Waals surface area contributed by atoms with E-state index in [4.69, 9.17) is 4.74 Å². The molecule has 0 radical (unpaired) electrons. The fraction of sp³-hybridized carbons (Fsp3) is 0.938. The first-order chi connectivity index (χ1) is 34.5. The number of unbranched alkanes of at least 4 members (excludes halogenated alkanes) is 47. The molecule has 0 bridgehead atoms. The van der Waals surface area contributed by atoms with Crippen LogP contribution in [0.3, 0.4) is 0 Å². The molecule has 0 spiro atoms. The Kier molecular flexibility index (Phi) is 59.0. The maximum atomic E-state index is 12.5. The van der Waals surface area contributed by atoms with Crippen LogP contribution in [0.25, 0.3) is 0 Å². The third-order valence-electron chi connectivity index (χ3n) is 15.1. The molecule has 1 amide bonds. The van der Waals surface area contributed by atoms with Crippen molar-refractivity contribution in [2.45, 2.75) is 373 Å². The second-order valence-electron chi connectivity index (χ2n) is 22.1. The van der Waals surface area contributed by atoms with Crippen LogP contribution < -0.4 is 5.32 Å². The number of hydrogen-bond donors (Lipinski definition) is 3. The number of aliphatic hydroxyl groups is 2. The lowest BCUT2D eigenvalue weighted by atomic mass is 10.0. The lowest BCUT2D eigenvalue weighted by Gasteiger charge is -2.22. The number of aliphatic hydroxyl groups excluding tert-OH is 2. The van der Waals surface area contributed by atoms with E-state index in [1.165, 1.54) is 283 Å². The van der Waals surface area contributed by atoms with E-state index in [-0.39, 0.29) is 18.5 Å². The lowest BCUT2D eigenvalue weighted by molar-refractivity contribution is -0.143. The highest BCUT2D eigenvalue weighted by Crippen LogP contribution is 2.18. The summed E-state index contributed by atoms with van der Waals surface area (Å²) in [7, 11) is 0. The van der Waals surface area contributed by atoms with E-state index in [2.05, 4.69) is 31.3 Å². The topological polar surface area (TPSA) is 95.9 Å². The summed E-state index contributed by atoms with van der Waals surface area (Å²) in [4.78, 5) is 24.5. The van der Waals surface area contributed by atoms with E-state index in [9.17, 15) is 19.8 Å². The van der Waals surface area contributed by atoms with Crippen molar-refractivity contribution in [2.24, 2.45) is 0 Å². The summed E-state index contributed by atoms with van der Waals surface area (Å²) < 4.78 is 5.48. The summed E-state index contributed by atoms with van der Waals surface area (Å²) in [6.45, 7) is 4.96. The van der Waals surface area contributed by atoms with Gasteiger partial charge in [0.2, 0.25) is 5.91 Å². The summed E-state index contributed by atoms with van der Waals surface area (Å²) in [5.41, 5.74) is 0. The normalized spacial score (nSPS) is 12.6. The summed E-state index contributed by atoms with van der Waals surface area (Å²) in [6.07, 6.45) is 72.3. The molecule has 416 valence electrons. The molecule has 0 aliphatic rings. The molecule has 0 aromatic carbocycles. The predicted molar refractivity (Wildman–Crippen MR) is 306 cm³/mol. The van der Waals surface area contributed by atoms with Gasteiger partial charge < -0.3 is 20.3 Å². The van der Waals surface area contributed by atoms with Gasteiger partial charge in [-0.3, -0.25) is 9.59 Å². The van der Waals surface area contributed by atoms with Crippen LogP contribution >= 0.6 is 0 Å². The van der Waals surface area contributed by atoms with E-state index in [0.717, 1.165) is 44.9 Å². The quantitative estimate of drug-likeness (QED) is 0.0321. The van der Waals surface area contributed by atoms with Gasteiger partial charge in [-0.05, 0) is 51.4 Å². The van der Waals surface area contributed by atoms with Crippen molar-refractivity contribution in [1.29, 1.82) is 0 Å². The average molecular weight is 989 g/mol. The van der Waals surface area contributed by atoms with Crippen molar-refractivity contribution in [3.8, 4) is 0 Å². The van der Waals surface area contributed by atoms with Gasteiger partial charge in [0.05, 0.1) is 25.4 Å². The molecule has 0 aliphatic heterocycles. The van der Waals surface area contributed by atoms with E-state index < -0.39 is 12.1 Å². The van der Waals surface area contributed by atoms with Gasteiger partial charge >= 0.3 is 5.97 Å². The van der Waals surface area contributed by atoms with Crippen LogP contribution in [0, 0.1) is 0 Å². The van der Waals surface area contributed by atoms with Crippen molar-refractivity contribution in [1.82, 2.24) is 5.32 Å². The summed E-state index contributed by atoms with van der Waals surface area (Å²) in [5, 5.41) is 23.3. The standard InChI is InChI=1S/C64H125NO5/c1-3-5-7-9-11-13-15-17-33-36-40-44-48-52-56-62(67)61(60-66)65-63(68)57-53-49-45-41-37-34-30-28-26-24-22-20-18-19-21-23-25-27-29-31-35-39-43-47-51-55-59-70-64(69)58-54-50-46-42-38-32-16-14-12-10-8-6-4-2/h14,16,61-62,66-67H,3-13,15,17-60H2,1-2H3,(H,65,68)/b16-14-. The molecule has 3 N–H and O–H groups in total. The summed E-state index contributed by atoms with van der Waals surface area (Å²) >= 11 is 0. The van der Waals surface area contributed by atoms with E-state index in [0.29, 0.717) is 25.9 Å². The van der Waals surface area contributed by atoms with Gasteiger partial charge in [0.15, 0.2) is 0 Å². The SMILES string of the molecule is CCCCCC/C=C\CCCCCCCC(=O)OCCCCCCCCCCCCCCCCCCCCCCCCCCCCC(=O)NC(CO)C(O)CCCCCCCCCCCCCCCC. The molecule has 0 aromatic heterocycles. The highest BCUT2D eigenvalue weighted by Gasteiger charge is 2.20. The zero-order valence-corrected chi connectivity index (χ0v) is 47.5. The second kappa shape index (κ2) is 60.2. The van der Waals surface area contributed by atoms with Gasteiger partial charge in [0, 0.05) is 12.8 Å². The number of amides is 1. The first-order valence-electron chi connectivity index (χ1n) is 31.9. The molecule has 0 aromatic rings. The molecular weight excluding hydrogens is 863 g/mol. The fourth-order valence-electron chi connectivity index (χ4n) is 10.2. The van der Waals surface area contributed by atoms with Crippen LogP contribution in [0.1, 0.15) is 361 Å². The van der Waals surface area contributed by atoms with Crippen LogP contribution in [-0.2, 0) is 14.3 Å². The fourth-order valence-corrected chi connectivity index (χ4v) is 10.2. The Labute approximate surface area is 438 Å². The Morgan fingerprint density at radius 2 is 0.671 bits per heavy atom. The minimum absolute atomic E-state index is 0.00860. The molecule has 0 aliphatic carbocycles. The molecule has 0 saturated heterocycles. The number of allylic oxidation sites excluding steroid dienone is 2.